The Morgan fingerprint density at radius 1 is 0.917 bits per heavy atom. The molecule has 0 saturated carbocycles. The van der Waals surface area contributed by atoms with Gasteiger partial charge in [-0.05, 0) is 67.1 Å². The van der Waals surface area contributed by atoms with E-state index < -0.39 is 17.7 Å². The minimum atomic E-state index is -0.743. The first-order valence-corrected chi connectivity index (χ1v) is 11.1. The molecule has 9 heteroatoms. The molecule has 5 rings (SSSR count). The lowest BCUT2D eigenvalue weighted by atomic mass is 10.1. The Morgan fingerprint density at radius 2 is 1.75 bits per heavy atom. The summed E-state index contributed by atoms with van der Waals surface area (Å²) in [5, 5.41) is 11.1. The van der Waals surface area contributed by atoms with Gasteiger partial charge in [0, 0.05) is 40.6 Å². The molecule has 1 aromatic heterocycles. The van der Waals surface area contributed by atoms with Gasteiger partial charge >= 0.3 is 6.03 Å². The van der Waals surface area contributed by atoms with Gasteiger partial charge in [-0.15, -0.1) is 0 Å². The SMILES string of the molecule is Cc1ccc(NC(=O)Nc2cc(F)ccc2F)cc1Nc1ccc2c(c1)NC(=O)C2=Cc1ccc[nH]1. The maximum absolute atomic E-state index is 13.8. The quantitative estimate of drug-likeness (QED) is 0.209. The van der Waals surface area contributed by atoms with Gasteiger partial charge in [0.05, 0.1) is 16.9 Å². The zero-order chi connectivity index (χ0) is 25.2. The number of rotatable bonds is 5. The second-order valence-corrected chi connectivity index (χ2v) is 8.26. The van der Waals surface area contributed by atoms with Crippen molar-refractivity contribution in [3.63, 3.8) is 0 Å². The van der Waals surface area contributed by atoms with Gasteiger partial charge in [-0.25, -0.2) is 13.6 Å². The maximum Gasteiger partial charge on any atom is 0.323 e. The molecule has 180 valence electrons. The van der Waals surface area contributed by atoms with Crippen LogP contribution in [0.1, 0.15) is 16.8 Å². The first-order chi connectivity index (χ1) is 17.4. The third-order valence-electron chi connectivity index (χ3n) is 5.68. The van der Waals surface area contributed by atoms with Crippen LogP contribution >= 0.6 is 0 Å². The number of hydrogen-bond acceptors (Lipinski definition) is 3. The van der Waals surface area contributed by atoms with E-state index in [1.165, 1.54) is 0 Å². The summed E-state index contributed by atoms with van der Waals surface area (Å²) >= 11 is 0. The van der Waals surface area contributed by atoms with Crippen molar-refractivity contribution in [2.24, 2.45) is 0 Å². The molecule has 0 unspecified atom stereocenters. The molecule has 0 fully saturated rings. The number of H-pyrrole nitrogens is 1. The van der Waals surface area contributed by atoms with Crippen LogP contribution in [0, 0.1) is 18.6 Å². The molecule has 0 spiro atoms. The van der Waals surface area contributed by atoms with Crippen LogP contribution in [0.2, 0.25) is 0 Å². The van der Waals surface area contributed by atoms with Crippen molar-refractivity contribution >= 4 is 52.0 Å². The fraction of sp³-hybridized carbons (Fsp3) is 0.0370. The van der Waals surface area contributed by atoms with Crippen LogP contribution in [0.4, 0.5) is 42.0 Å². The van der Waals surface area contributed by atoms with E-state index in [9.17, 15) is 18.4 Å². The Balaban J connectivity index is 1.32. The molecule has 3 aromatic carbocycles. The van der Waals surface area contributed by atoms with E-state index in [1.807, 2.05) is 43.3 Å². The van der Waals surface area contributed by atoms with E-state index in [4.69, 9.17) is 0 Å². The normalized spacial score (nSPS) is 13.3. The van der Waals surface area contributed by atoms with Crippen LogP contribution in [-0.2, 0) is 4.79 Å². The number of nitrogens with one attached hydrogen (secondary N) is 5. The lowest BCUT2D eigenvalue weighted by Crippen LogP contribution is -2.20. The summed E-state index contributed by atoms with van der Waals surface area (Å²) in [4.78, 5) is 27.9. The molecular formula is C27H21F2N5O2. The minimum Gasteiger partial charge on any atom is -0.362 e. The second-order valence-electron chi connectivity index (χ2n) is 8.26. The van der Waals surface area contributed by atoms with E-state index in [1.54, 1.807) is 24.4 Å². The van der Waals surface area contributed by atoms with Gasteiger partial charge in [0.1, 0.15) is 11.6 Å². The minimum absolute atomic E-state index is 0.181. The molecule has 0 aliphatic carbocycles. The Bertz CT molecular complexity index is 1510. The number of carbonyl (C=O) groups excluding carboxylic acids is 2. The van der Waals surface area contributed by atoms with Crippen LogP contribution in [0.15, 0.2) is 72.9 Å². The van der Waals surface area contributed by atoms with Crippen LogP contribution in [0.25, 0.3) is 11.6 Å². The molecular weight excluding hydrogens is 464 g/mol. The van der Waals surface area contributed by atoms with E-state index in [-0.39, 0.29) is 11.6 Å². The summed E-state index contributed by atoms with van der Waals surface area (Å²) in [5.41, 5.74) is 5.44. The van der Waals surface area contributed by atoms with Crippen molar-refractivity contribution in [1.82, 2.24) is 4.98 Å². The van der Waals surface area contributed by atoms with Crippen LogP contribution < -0.4 is 21.3 Å². The smallest absolute Gasteiger partial charge is 0.323 e. The number of aromatic amines is 1. The predicted molar refractivity (Wildman–Crippen MR) is 137 cm³/mol. The average molecular weight is 485 g/mol. The molecule has 7 nitrogen and oxygen atoms in total. The maximum atomic E-state index is 13.8. The number of anilines is 5. The van der Waals surface area contributed by atoms with Gasteiger partial charge in [-0.2, -0.15) is 0 Å². The molecule has 1 aliphatic heterocycles. The molecule has 36 heavy (non-hydrogen) atoms. The first-order valence-electron chi connectivity index (χ1n) is 11.1. The predicted octanol–water partition coefficient (Wildman–Crippen LogP) is 6.48. The fourth-order valence-corrected chi connectivity index (χ4v) is 3.87. The molecule has 4 aromatic rings. The van der Waals surface area contributed by atoms with Gasteiger partial charge < -0.3 is 26.3 Å². The highest BCUT2D eigenvalue weighted by atomic mass is 19.1. The van der Waals surface area contributed by atoms with Gasteiger partial charge in [-0.3, -0.25) is 4.79 Å². The third kappa shape index (κ3) is 4.80. The molecule has 0 bridgehead atoms. The molecule has 0 saturated heterocycles. The molecule has 0 radical (unpaired) electrons. The summed E-state index contributed by atoms with van der Waals surface area (Å²) in [7, 11) is 0. The molecule has 0 atom stereocenters. The van der Waals surface area contributed by atoms with Gasteiger partial charge in [0.2, 0.25) is 0 Å². The van der Waals surface area contributed by atoms with Crippen molar-refractivity contribution in [2.45, 2.75) is 6.92 Å². The topological polar surface area (TPSA) is 98.0 Å². The summed E-state index contributed by atoms with van der Waals surface area (Å²) < 4.78 is 27.2. The number of fused-ring (bicyclic) bond motifs is 1. The van der Waals surface area contributed by atoms with Crippen molar-refractivity contribution in [1.29, 1.82) is 0 Å². The summed E-state index contributed by atoms with van der Waals surface area (Å²) in [5.74, 6) is -1.58. The summed E-state index contributed by atoms with van der Waals surface area (Å²) in [6.07, 6.45) is 3.59. The standard InChI is InChI=1S/C27H21F2N5O2/c1-15-4-6-19(32-27(36)34-25-11-16(28)5-9-22(25)29)13-23(15)31-18-7-8-20-21(12-17-3-2-10-30-17)26(35)33-24(20)14-18/h2-14,30-31H,1H3,(H,33,35)(H2,32,34,36). The Kier molecular flexibility index (Phi) is 5.95. The largest absolute Gasteiger partial charge is 0.362 e. The number of benzene rings is 3. The fourth-order valence-electron chi connectivity index (χ4n) is 3.87. The summed E-state index contributed by atoms with van der Waals surface area (Å²) in [6, 6.07) is 16.6. The van der Waals surface area contributed by atoms with Gasteiger partial charge in [-0.1, -0.05) is 12.1 Å². The Hall–Kier alpha value is -4.92. The lowest BCUT2D eigenvalue weighted by molar-refractivity contribution is -0.110. The number of amides is 3. The third-order valence-corrected chi connectivity index (χ3v) is 5.68. The number of halogens is 2. The highest BCUT2D eigenvalue weighted by Gasteiger charge is 2.24. The molecule has 3 amide bonds. The van der Waals surface area contributed by atoms with Crippen molar-refractivity contribution in [2.75, 3.05) is 21.3 Å². The van der Waals surface area contributed by atoms with Crippen LogP contribution in [0.3, 0.4) is 0 Å². The lowest BCUT2D eigenvalue weighted by Gasteiger charge is -2.14. The van der Waals surface area contributed by atoms with Crippen molar-refractivity contribution in [3.8, 4) is 0 Å². The van der Waals surface area contributed by atoms with Crippen LogP contribution in [-0.4, -0.2) is 16.9 Å². The van der Waals surface area contributed by atoms with Crippen molar-refractivity contribution < 1.29 is 18.4 Å². The number of hydrogen-bond donors (Lipinski definition) is 5. The molecule has 1 aliphatic rings. The van der Waals surface area contributed by atoms with E-state index >= 15 is 0 Å². The number of urea groups is 1. The zero-order valence-corrected chi connectivity index (χ0v) is 19.1. The zero-order valence-electron chi connectivity index (χ0n) is 19.1. The monoisotopic (exact) mass is 485 g/mol. The van der Waals surface area contributed by atoms with E-state index in [0.29, 0.717) is 16.9 Å². The van der Waals surface area contributed by atoms with E-state index in [0.717, 1.165) is 46.4 Å². The average Bonchev–Trinajstić information content (AvgIpc) is 3.46. The van der Waals surface area contributed by atoms with Gasteiger partial charge in [0.25, 0.3) is 5.91 Å². The number of aryl methyl sites for hydroxylation is 1. The molecule has 5 N–H and O–H groups in total. The number of aromatic nitrogens is 1. The molecule has 2 heterocycles. The number of carbonyl (C=O) groups is 2. The summed E-state index contributed by atoms with van der Waals surface area (Å²) in [6.45, 7) is 1.90. The second kappa shape index (κ2) is 9.38. The Labute approximate surface area is 205 Å². The van der Waals surface area contributed by atoms with Crippen molar-refractivity contribution in [3.05, 3.63) is 101 Å². The highest BCUT2D eigenvalue weighted by molar-refractivity contribution is 6.35. The van der Waals surface area contributed by atoms with E-state index in [2.05, 4.69) is 26.3 Å². The first kappa shape index (κ1) is 22.9. The van der Waals surface area contributed by atoms with Gasteiger partial charge in [0.15, 0.2) is 0 Å². The highest BCUT2D eigenvalue weighted by Crippen LogP contribution is 2.36. The van der Waals surface area contributed by atoms with Crippen LogP contribution in [0.5, 0.6) is 0 Å². The Morgan fingerprint density at radius 3 is 2.56 bits per heavy atom.